The average Bonchev–Trinajstić information content (AvgIpc) is 2.39. The number of nitro benzene ring substituents is 1. The molecule has 0 bridgehead atoms. The summed E-state index contributed by atoms with van der Waals surface area (Å²) >= 11 is 0. The van der Waals surface area contributed by atoms with Gasteiger partial charge in [-0.05, 0) is 13.1 Å². The van der Waals surface area contributed by atoms with Crippen LogP contribution in [0.2, 0.25) is 0 Å². The van der Waals surface area contributed by atoms with Crippen LogP contribution in [0.5, 0.6) is 0 Å². The average molecular weight is 279 g/mol. The fourth-order valence-electron chi connectivity index (χ4n) is 1.46. The summed E-state index contributed by atoms with van der Waals surface area (Å²) in [5, 5.41) is 12.9. The van der Waals surface area contributed by atoms with Crippen molar-refractivity contribution in [3.05, 3.63) is 34.1 Å². The number of rotatable bonds is 6. The van der Waals surface area contributed by atoms with Crippen LogP contribution in [0, 0.1) is 28.3 Å². The van der Waals surface area contributed by atoms with Gasteiger partial charge in [-0.1, -0.05) is 5.92 Å². The summed E-state index contributed by atoms with van der Waals surface area (Å²) in [7, 11) is 1.75. The van der Waals surface area contributed by atoms with E-state index in [0.717, 1.165) is 18.2 Å². The zero-order valence-corrected chi connectivity index (χ0v) is 10.9. The molecule has 0 unspecified atom stereocenters. The van der Waals surface area contributed by atoms with Crippen molar-refractivity contribution in [1.29, 1.82) is 0 Å². The van der Waals surface area contributed by atoms with Gasteiger partial charge >= 0.3 is 0 Å². The van der Waals surface area contributed by atoms with Gasteiger partial charge in [-0.2, -0.15) is 0 Å². The van der Waals surface area contributed by atoms with Gasteiger partial charge in [-0.25, -0.2) is 4.39 Å². The summed E-state index contributed by atoms with van der Waals surface area (Å²) < 4.78 is 13.4. The lowest BCUT2D eigenvalue weighted by atomic mass is 10.2. The van der Waals surface area contributed by atoms with Gasteiger partial charge in [0.15, 0.2) is 0 Å². The van der Waals surface area contributed by atoms with E-state index < -0.39 is 16.6 Å². The van der Waals surface area contributed by atoms with E-state index in [4.69, 9.17) is 6.42 Å². The molecule has 0 aliphatic heterocycles. The molecule has 1 rings (SSSR count). The van der Waals surface area contributed by atoms with Gasteiger partial charge in [-0.3, -0.25) is 19.8 Å². The Labute approximate surface area is 115 Å². The number of terminal acetylenes is 1. The van der Waals surface area contributed by atoms with E-state index in [1.54, 1.807) is 11.9 Å². The van der Waals surface area contributed by atoms with Crippen LogP contribution >= 0.6 is 0 Å². The van der Waals surface area contributed by atoms with Gasteiger partial charge in [0.1, 0.15) is 5.82 Å². The second kappa shape index (κ2) is 7.21. The molecule has 0 saturated heterocycles. The highest BCUT2D eigenvalue weighted by atomic mass is 19.1. The molecule has 0 aromatic heterocycles. The Morgan fingerprint density at radius 3 is 2.90 bits per heavy atom. The molecule has 1 N–H and O–H groups in total. The summed E-state index contributed by atoms with van der Waals surface area (Å²) in [5.41, 5.74) is -0.491. The number of carbonyl (C=O) groups excluding carboxylic acids is 1. The molecule has 1 aromatic carbocycles. The lowest BCUT2D eigenvalue weighted by Crippen LogP contribution is -2.24. The van der Waals surface area contributed by atoms with Gasteiger partial charge in [-0.15, -0.1) is 6.42 Å². The minimum absolute atomic E-state index is 0.111. The third-order valence-electron chi connectivity index (χ3n) is 2.52. The maximum Gasteiger partial charge on any atom is 0.271 e. The molecular weight excluding hydrogens is 265 g/mol. The van der Waals surface area contributed by atoms with E-state index in [-0.39, 0.29) is 17.8 Å². The van der Waals surface area contributed by atoms with Crippen molar-refractivity contribution < 1.29 is 14.1 Å². The smallest absolute Gasteiger partial charge is 0.271 e. The predicted molar refractivity (Wildman–Crippen MR) is 72.6 cm³/mol. The zero-order chi connectivity index (χ0) is 15.1. The van der Waals surface area contributed by atoms with Gasteiger partial charge in [0.25, 0.3) is 5.69 Å². The first-order valence-corrected chi connectivity index (χ1v) is 5.80. The summed E-state index contributed by atoms with van der Waals surface area (Å²) in [5.74, 6) is 1.27. The molecule has 6 nitrogen and oxygen atoms in total. The van der Waals surface area contributed by atoms with E-state index >= 15 is 0 Å². The molecule has 106 valence electrons. The van der Waals surface area contributed by atoms with Crippen molar-refractivity contribution in [1.82, 2.24) is 4.90 Å². The normalized spacial score (nSPS) is 10.1. The molecule has 0 aliphatic rings. The quantitative estimate of drug-likeness (QED) is 0.488. The number of nitro groups is 1. The molecule has 0 fully saturated rings. The first kappa shape index (κ1) is 15.6. The van der Waals surface area contributed by atoms with Crippen molar-refractivity contribution >= 4 is 17.3 Å². The molecule has 0 heterocycles. The molecule has 0 radical (unpaired) electrons. The molecule has 1 aromatic rings. The minimum Gasteiger partial charge on any atom is -0.323 e. The van der Waals surface area contributed by atoms with E-state index in [2.05, 4.69) is 11.2 Å². The Kier molecular flexibility index (Phi) is 5.62. The van der Waals surface area contributed by atoms with Crippen LogP contribution < -0.4 is 5.32 Å². The van der Waals surface area contributed by atoms with E-state index in [9.17, 15) is 19.3 Å². The highest BCUT2D eigenvalue weighted by molar-refractivity contribution is 5.91. The number of halogens is 1. The largest absolute Gasteiger partial charge is 0.323 e. The second-order valence-corrected chi connectivity index (χ2v) is 4.16. The minimum atomic E-state index is -0.721. The van der Waals surface area contributed by atoms with Crippen molar-refractivity contribution in [2.24, 2.45) is 0 Å². The molecule has 0 atom stereocenters. The number of anilines is 1. The Hall–Kier alpha value is -2.46. The highest BCUT2D eigenvalue weighted by Gasteiger charge is 2.13. The van der Waals surface area contributed by atoms with Gasteiger partial charge < -0.3 is 5.32 Å². The second-order valence-electron chi connectivity index (χ2n) is 4.16. The van der Waals surface area contributed by atoms with Gasteiger partial charge in [0.05, 0.1) is 17.2 Å². The predicted octanol–water partition coefficient (Wildman–Crippen LogP) is 1.63. The standard InChI is InChI=1S/C13H14FN3O3/c1-3-7-16(2)8-6-13(18)15-12-9-10(17(19)20)4-5-11(12)14/h1,4-5,9H,6-8H2,2H3,(H,15,18). The number of non-ortho nitro benzene ring substituents is 1. The van der Waals surface area contributed by atoms with Crippen LogP contribution in [-0.4, -0.2) is 35.9 Å². The first-order chi connectivity index (χ1) is 9.43. The zero-order valence-electron chi connectivity index (χ0n) is 10.9. The first-order valence-electron chi connectivity index (χ1n) is 5.80. The summed E-state index contributed by atoms with van der Waals surface area (Å²) in [4.78, 5) is 23.3. The number of amides is 1. The number of hydrogen-bond donors (Lipinski definition) is 1. The third kappa shape index (κ3) is 4.66. The SMILES string of the molecule is C#CCN(C)CCC(=O)Nc1cc([N+](=O)[O-])ccc1F. The molecule has 0 aliphatic carbocycles. The maximum atomic E-state index is 13.4. The van der Waals surface area contributed by atoms with Gasteiger partial charge in [0, 0.05) is 25.1 Å². The van der Waals surface area contributed by atoms with E-state index in [0.29, 0.717) is 13.1 Å². The molecule has 1 amide bonds. The summed E-state index contributed by atoms with van der Waals surface area (Å²) in [6.45, 7) is 0.811. The summed E-state index contributed by atoms with van der Waals surface area (Å²) in [6.07, 6.45) is 5.23. The molecule has 7 heteroatoms. The lowest BCUT2D eigenvalue weighted by molar-refractivity contribution is -0.384. The Morgan fingerprint density at radius 2 is 2.30 bits per heavy atom. The number of benzene rings is 1. The molecule has 0 saturated carbocycles. The van der Waals surface area contributed by atoms with Crippen LogP contribution in [0.1, 0.15) is 6.42 Å². The number of carbonyl (C=O) groups is 1. The Morgan fingerprint density at radius 1 is 1.60 bits per heavy atom. The maximum absolute atomic E-state index is 13.4. The monoisotopic (exact) mass is 279 g/mol. The van der Waals surface area contributed by atoms with Gasteiger partial charge in [0.2, 0.25) is 5.91 Å². The fourth-order valence-corrected chi connectivity index (χ4v) is 1.46. The highest BCUT2D eigenvalue weighted by Crippen LogP contribution is 2.21. The molecule has 0 spiro atoms. The molecule has 20 heavy (non-hydrogen) atoms. The van der Waals surface area contributed by atoms with Crippen molar-refractivity contribution in [3.63, 3.8) is 0 Å². The van der Waals surface area contributed by atoms with Crippen molar-refractivity contribution in [3.8, 4) is 12.3 Å². The van der Waals surface area contributed by atoms with Crippen LogP contribution in [0.3, 0.4) is 0 Å². The fraction of sp³-hybridized carbons (Fsp3) is 0.308. The number of nitrogens with one attached hydrogen (secondary N) is 1. The van der Waals surface area contributed by atoms with Crippen LogP contribution in [0.4, 0.5) is 15.8 Å². The van der Waals surface area contributed by atoms with Crippen LogP contribution in [0.15, 0.2) is 18.2 Å². The van der Waals surface area contributed by atoms with E-state index in [1.807, 2.05) is 0 Å². The topological polar surface area (TPSA) is 75.5 Å². The third-order valence-corrected chi connectivity index (χ3v) is 2.52. The van der Waals surface area contributed by atoms with Crippen LogP contribution in [-0.2, 0) is 4.79 Å². The van der Waals surface area contributed by atoms with E-state index in [1.165, 1.54) is 0 Å². The van der Waals surface area contributed by atoms with Crippen molar-refractivity contribution in [2.75, 3.05) is 25.5 Å². The van der Waals surface area contributed by atoms with Crippen LogP contribution in [0.25, 0.3) is 0 Å². The number of nitrogens with zero attached hydrogens (tertiary/aromatic N) is 2. The Balaban J connectivity index is 2.64. The Bertz CT molecular complexity index is 554. The van der Waals surface area contributed by atoms with Crippen molar-refractivity contribution in [2.45, 2.75) is 6.42 Å². The number of hydrogen-bond acceptors (Lipinski definition) is 4. The summed E-state index contributed by atoms with van der Waals surface area (Å²) in [6, 6.07) is 2.96. The lowest BCUT2D eigenvalue weighted by Gasteiger charge is -2.12. The molecular formula is C13H14FN3O3.